The van der Waals surface area contributed by atoms with Gasteiger partial charge in [0.15, 0.2) is 40.6 Å². The Hall–Kier alpha value is -5.42. The average molecular weight is 616 g/mol. The first kappa shape index (κ1) is 30.1. The third kappa shape index (κ3) is 5.29. The molecule has 232 valence electrons. The summed E-state index contributed by atoms with van der Waals surface area (Å²) >= 11 is 0. The van der Waals surface area contributed by atoms with Gasteiger partial charge in [-0.15, -0.1) is 0 Å². The van der Waals surface area contributed by atoms with Gasteiger partial charge in [0.05, 0.1) is 12.2 Å². The van der Waals surface area contributed by atoms with Gasteiger partial charge in [-0.25, -0.2) is 4.79 Å². The second-order valence-electron chi connectivity index (χ2n) is 9.69. The molecule has 10 N–H and O–H groups in total. The van der Waals surface area contributed by atoms with Crippen LogP contribution in [0.2, 0.25) is 0 Å². The maximum absolute atomic E-state index is 13.7. The van der Waals surface area contributed by atoms with Crippen LogP contribution in [0.3, 0.4) is 0 Å². The van der Waals surface area contributed by atoms with Gasteiger partial charge in [-0.05, 0) is 30.3 Å². The summed E-state index contributed by atoms with van der Waals surface area (Å²) in [6, 6.07) is 6.51. The number of carbonyl (C=O) groups excluding carboxylic acids is 1. The zero-order valence-electron chi connectivity index (χ0n) is 22.1. The van der Waals surface area contributed by atoms with Gasteiger partial charge in [0.1, 0.15) is 40.8 Å². The molecule has 4 aromatic rings. The van der Waals surface area contributed by atoms with Crippen molar-refractivity contribution in [1.82, 2.24) is 0 Å². The lowest BCUT2D eigenvalue weighted by atomic mass is 9.99. The van der Waals surface area contributed by atoms with Gasteiger partial charge in [-0.3, -0.25) is 4.79 Å². The topological polar surface area (TPSA) is 277 Å². The van der Waals surface area contributed by atoms with Crippen molar-refractivity contribution in [3.8, 4) is 57.3 Å². The molecule has 0 unspecified atom stereocenters. The predicted octanol–water partition coefficient (Wildman–Crippen LogP) is 0.443. The Balaban J connectivity index is 1.63. The lowest BCUT2D eigenvalue weighted by Crippen LogP contribution is -2.61. The van der Waals surface area contributed by atoms with Crippen LogP contribution in [-0.4, -0.2) is 94.3 Å². The third-order valence-electron chi connectivity index (χ3n) is 6.76. The van der Waals surface area contributed by atoms with Gasteiger partial charge in [0, 0.05) is 17.7 Å². The van der Waals surface area contributed by atoms with Crippen LogP contribution in [-0.2, 0) is 9.47 Å². The molecule has 5 atom stereocenters. The molecule has 1 aliphatic heterocycles. The fraction of sp³-hybridized carbons (Fsp3) is 0.214. The van der Waals surface area contributed by atoms with Gasteiger partial charge in [-0.1, -0.05) is 0 Å². The summed E-state index contributed by atoms with van der Waals surface area (Å²) < 4.78 is 22.3. The maximum Gasteiger partial charge on any atom is 0.339 e. The van der Waals surface area contributed by atoms with Gasteiger partial charge in [-0.2, -0.15) is 0 Å². The summed E-state index contributed by atoms with van der Waals surface area (Å²) in [5.41, 5.74) is -2.05. The van der Waals surface area contributed by atoms with Crippen molar-refractivity contribution in [2.24, 2.45) is 0 Å². The van der Waals surface area contributed by atoms with E-state index in [9.17, 15) is 60.7 Å². The number of rotatable bonds is 6. The van der Waals surface area contributed by atoms with Crippen molar-refractivity contribution < 1.29 is 74.5 Å². The highest BCUT2D eigenvalue weighted by molar-refractivity contribution is 5.91. The van der Waals surface area contributed by atoms with E-state index in [1.165, 1.54) is 6.07 Å². The van der Waals surface area contributed by atoms with Gasteiger partial charge < -0.3 is 69.7 Å². The van der Waals surface area contributed by atoms with E-state index in [1.54, 1.807) is 0 Å². The second-order valence-corrected chi connectivity index (χ2v) is 9.69. The molecule has 3 aromatic carbocycles. The van der Waals surface area contributed by atoms with Gasteiger partial charge in [0.25, 0.3) is 0 Å². The summed E-state index contributed by atoms with van der Waals surface area (Å²) in [5, 5.41) is 99.8. The lowest BCUT2D eigenvalue weighted by molar-refractivity contribution is -0.276. The summed E-state index contributed by atoms with van der Waals surface area (Å²) in [6.07, 6.45) is -9.44. The van der Waals surface area contributed by atoms with Crippen molar-refractivity contribution in [3.05, 3.63) is 58.3 Å². The zero-order valence-corrected chi connectivity index (χ0v) is 22.1. The summed E-state index contributed by atoms with van der Waals surface area (Å²) in [7, 11) is 0. The fourth-order valence-electron chi connectivity index (χ4n) is 4.54. The number of hydrogen-bond acceptors (Lipinski definition) is 16. The number of aliphatic hydroxyl groups is 3. The standard InChI is InChI=1S/C28H24O16/c29-8-18-21(37)23(39)26(43-27(40)10-4-15(34)20(36)16(35)5-10)28(42-18)44-25-22(38)19-14(33)6-11(30)7-17(19)41-24(25)9-1-2-12(31)13(32)3-9/h1-7,18,21,23,26,28-37,39H,8H2/t18-,21+,23-,26-,28+/m1/s1. The Kier molecular flexibility index (Phi) is 7.75. The highest BCUT2D eigenvalue weighted by Gasteiger charge is 2.48. The Morgan fingerprint density at radius 2 is 1.50 bits per heavy atom. The van der Waals surface area contributed by atoms with Crippen molar-refractivity contribution in [2.75, 3.05) is 6.61 Å². The number of aliphatic hydroxyl groups excluding tert-OH is 3. The molecule has 1 saturated heterocycles. The number of aromatic hydroxyl groups is 7. The van der Waals surface area contributed by atoms with Crippen LogP contribution in [0.15, 0.2) is 51.7 Å². The van der Waals surface area contributed by atoms with Crippen molar-refractivity contribution in [2.45, 2.75) is 30.7 Å². The Labute approximate surface area is 244 Å². The Morgan fingerprint density at radius 3 is 2.14 bits per heavy atom. The first-order valence-corrected chi connectivity index (χ1v) is 12.6. The molecular weight excluding hydrogens is 592 g/mol. The average Bonchev–Trinajstić information content (AvgIpc) is 2.97. The first-order valence-electron chi connectivity index (χ1n) is 12.6. The fourth-order valence-corrected chi connectivity index (χ4v) is 4.54. The van der Waals surface area contributed by atoms with E-state index in [0.717, 1.165) is 36.4 Å². The molecule has 0 bridgehead atoms. The number of benzene rings is 3. The molecule has 2 heterocycles. The molecule has 0 amide bonds. The lowest BCUT2D eigenvalue weighted by Gasteiger charge is -2.41. The molecule has 1 aliphatic rings. The number of ether oxygens (including phenoxy) is 3. The molecule has 44 heavy (non-hydrogen) atoms. The Morgan fingerprint density at radius 1 is 0.818 bits per heavy atom. The molecule has 16 nitrogen and oxygen atoms in total. The van der Waals surface area contributed by atoms with Crippen LogP contribution in [0.5, 0.6) is 46.0 Å². The normalized spacial score (nSPS) is 21.7. The highest BCUT2D eigenvalue weighted by Crippen LogP contribution is 2.40. The number of hydrogen-bond donors (Lipinski definition) is 10. The van der Waals surface area contributed by atoms with E-state index < -0.39 is 111 Å². The number of esters is 1. The first-order chi connectivity index (χ1) is 20.8. The van der Waals surface area contributed by atoms with E-state index in [2.05, 4.69) is 0 Å². The molecule has 0 aliphatic carbocycles. The largest absolute Gasteiger partial charge is 0.508 e. The van der Waals surface area contributed by atoms with E-state index in [1.807, 2.05) is 0 Å². The van der Waals surface area contributed by atoms with E-state index in [-0.39, 0.29) is 11.1 Å². The summed E-state index contributed by atoms with van der Waals surface area (Å²) in [4.78, 5) is 26.6. The quantitative estimate of drug-likeness (QED) is 0.104. The monoisotopic (exact) mass is 616 g/mol. The number of carbonyl (C=O) groups is 1. The van der Waals surface area contributed by atoms with E-state index in [4.69, 9.17) is 18.6 Å². The van der Waals surface area contributed by atoms with Crippen LogP contribution >= 0.6 is 0 Å². The minimum absolute atomic E-state index is 0.0872. The molecule has 1 aromatic heterocycles. The van der Waals surface area contributed by atoms with Crippen LogP contribution in [0.25, 0.3) is 22.3 Å². The molecule has 0 radical (unpaired) electrons. The van der Waals surface area contributed by atoms with Crippen LogP contribution in [0.1, 0.15) is 10.4 Å². The van der Waals surface area contributed by atoms with Crippen molar-refractivity contribution >= 4 is 16.9 Å². The number of phenols is 7. The maximum atomic E-state index is 13.7. The minimum atomic E-state index is -2.03. The summed E-state index contributed by atoms with van der Waals surface area (Å²) in [5.74, 6) is -7.70. The van der Waals surface area contributed by atoms with Crippen molar-refractivity contribution in [1.29, 1.82) is 0 Å². The van der Waals surface area contributed by atoms with Gasteiger partial charge in [0.2, 0.25) is 17.5 Å². The minimum Gasteiger partial charge on any atom is -0.508 e. The molecular formula is C28H24O16. The number of phenolic OH excluding ortho intramolecular Hbond substituents is 7. The van der Waals surface area contributed by atoms with Crippen molar-refractivity contribution in [3.63, 3.8) is 0 Å². The van der Waals surface area contributed by atoms with Crippen LogP contribution in [0, 0.1) is 0 Å². The molecule has 0 saturated carbocycles. The highest BCUT2D eigenvalue weighted by atomic mass is 16.7. The van der Waals surface area contributed by atoms with Crippen LogP contribution in [0.4, 0.5) is 0 Å². The molecule has 5 rings (SSSR count). The van der Waals surface area contributed by atoms with E-state index in [0.29, 0.717) is 0 Å². The van der Waals surface area contributed by atoms with Crippen LogP contribution < -0.4 is 10.2 Å². The smallest absolute Gasteiger partial charge is 0.339 e. The summed E-state index contributed by atoms with van der Waals surface area (Å²) in [6.45, 7) is -0.885. The molecule has 16 heteroatoms. The predicted molar refractivity (Wildman–Crippen MR) is 144 cm³/mol. The zero-order chi connectivity index (χ0) is 32.0. The molecule has 1 fully saturated rings. The Bertz CT molecular complexity index is 1790. The third-order valence-corrected chi connectivity index (χ3v) is 6.76. The second kappa shape index (κ2) is 11.3. The van der Waals surface area contributed by atoms with Gasteiger partial charge >= 0.3 is 5.97 Å². The molecule has 0 spiro atoms. The number of fused-ring (bicyclic) bond motifs is 1. The van der Waals surface area contributed by atoms with E-state index >= 15 is 0 Å². The SMILES string of the molecule is O=C(O[C@H]1[C@H](Oc2c(-c3ccc(O)c(O)c3)oc3cc(O)cc(O)c3c2=O)O[C@H](CO)[C@H](O)[C@H]1O)c1cc(O)c(O)c(O)c1.